The second-order valence-electron chi connectivity index (χ2n) is 21.0. The molecule has 0 unspecified atom stereocenters. The molecule has 3 saturated heterocycles. The number of unbranched alkanes of at least 4 members (excludes halogenated alkanes) is 4. The van der Waals surface area contributed by atoms with E-state index >= 15 is 0 Å². The van der Waals surface area contributed by atoms with E-state index in [0.717, 1.165) is 112 Å². The maximum atomic E-state index is 14.2. The fourth-order valence-corrected chi connectivity index (χ4v) is 10.7. The first-order valence-corrected chi connectivity index (χ1v) is 28.2. The molecule has 17 heteroatoms. The van der Waals surface area contributed by atoms with Crippen molar-refractivity contribution in [1.29, 1.82) is 0 Å². The molecule has 0 spiro atoms. The lowest BCUT2D eigenvalue weighted by Gasteiger charge is -2.35. The minimum absolute atomic E-state index is 0.0113. The van der Waals surface area contributed by atoms with Gasteiger partial charge in [0.05, 0.1) is 18.1 Å². The van der Waals surface area contributed by atoms with Crippen LogP contribution in [0.4, 0.5) is 9.59 Å². The Morgan fingerprint density at radius 1 is 0.605 bits per heavy atom. The number of amides is 9. The van der Waals surface area contributed by atoms with Crippen molar-refractivity contribution >= 4 is 41.6 Å². The van der Waals surface area contributed by atoms with E-state index in [1.54, 1.807) is 37.7 Å². The Bertz CT molecular complexity index is 2350. The number of urea groups is 2. The average molecular weight is 1050 g/mol. The van der Waals surface area contributed by atoms with Gasteiger partial charge in [-0.15, -0.1) is 0 Å². The number of fused-ring (bicyclic) bond motifs is 1. The molecule has 0 saturated carbocycles. The Kier molecular flexibility index (Phi) is 23.6. The first kappa shape index (κ1) is 58.9. The molecule has 3 heterocycles. The van der Waals surface area contributed by atoms with Gasteiger partial charge < -0.3 is 47.0 Å². The summed E-state index contributed by atoms with van der Waals surface area (Å²) >= 11 is 0. The van der Waals surface area contributed by atoms with E-state index in [0.29, 0.717) is 45.3 Å². The molecule has 3 aliphatic heterocycles. The molecule has 0 aromatic heterocycles. The molecular formula is C59H86N10O7. The van der Waals surface area contributed by atoms with Crippen molar-refractivity contribution in [3.05, 3.63) is 107 Å². The van der Waals surface area contributed by atoms with Gasteiger partial charge in [-0.05, 0) is 139 Å². The predicted octanol–water partition coefficient (Wildman–Crippen LogP) is 6.44. The zero-order chi connectivity index (χ0) is 54.4. The highest BCUT2D eigenvalue weighted by atomic mass is 16.2. The Balaban J connectivity index is 0.876. The van der Waals surface area contributed by atoms with Gasteiger partial charge in [-0.3, -0.25) is 29.3 Å². The third kappa shape index (κ3) is 17.1. The third-order valence-electron chi connectivity index (χ3n) is 15.6. The molecule has 8 N–H and O–H groups in total. The quantitative estimate of drug-likeness (QED) is 0.0414. The van der Waals surface area contributed by atoms with E-state index in [2.05, 4.69) is 73.7 Å². The van der Waals surface area contributed by atoms with Crippen molar-refractivity contribution < 1.29 is 33.6 Å². The monoisotopic (exact) mass is 1050 g/mol. The van der Waals surface area contributed by atoms with Gasteiger partial charge in [0.1, 0.15) is 18.1 Å². The van der Waals surface area contributed by atoms with Gasteiger partial charge in [0.2, 0.25) is 29.5 Å². The number of hydrogen-bond donors (Lipinski definition) is 8. The van der Waals surface area contributed by atoms with E-state index in [-0.39, 0.29) is 41.7 Å². The first-order valence-electron chi connectivity index (χ1n) is 28.2. The van der Waals surface area contributed by atoms with E-state index in [1.165, 1.54) is 5.56 Å². The van der Waals surface area contributed by atoms with E-state index in [9.17, 15) is 33.6 Å². The van der Waals surface area contributed by atoms with Gasteiger partial charge in [0, 0.05) is 31.7 Å². The van der Waals surface area contributed by atoms with Gasteiger partial charge in [0.25, 0.3) is 0 Å². The fraction of sp³-hybridized carbons (Fsp3) is 0.576. The Labute approximate surface area is 451 Å². The summed E-state index contributed by atoms with van der Waals surface area (Å²) in [4.78, 5) is 96.3. The van der Waals surface area contributed by atoms with Crippen molar-refractivity contribution in [3.8, 4) is 0 Å². The predicted molar refractivity (Wildman–Crippen MR) is 296 cm³/mol. The number of rotatable bonds is 26. The molecule has 3 fully saturated rings. The number of imide groups is 1. The van der Waals surface area contributed by atoms with Crippen LogP contribution in [0.3, 0.4) is 0 Å². The Morgan fingerprint density at radius 2 is 1.20 bits per heavy atom. The van der Waals surface area contributed by atoms with Crippen molar-refractivity contribution in [2.24, 2.45) is 0 Å². The summed E-state index contributed by atoms with van der Waals surface area (Å²) in [6.07, 6.45) is 14.8. The van der Waals surface area contributed by atoms with Crippen LogP contribution < -0.4 is 42.5 Å². The van der Waals surface area contributed by atoms with Crippen molar-refractivity contribution in [3.63, 3.8) is 0 Å². The van der Waals surface area contributed by atoms with Crippen LogP contribution in [0, 0.1) is 0 Å². The molecule has 8 atom stereocenters. The lowest BCUT2D eigenvalue weighted by atomic mass is 9.96. The summed E-state index contributed by atoms with van der Waals surface area (Å²) in [7, 11) is 3.37. The lowest BCUT2D eigenvalue weighted by Crippen LogP contribution is -2.57. The number of likely N-dealkylation sites (tertiary alicyclic amines) is 1. The zero-order valence-corrected chi connectivity index (χ0v) is 45.7. The highest BCUT2D eigenvalue weighted by Crippen LogP contribution is 2.33. The topological polar surface area (TPSA) is 222 Å². The largest absolute Gasteiger partial charge is 0.350 e. The van der Waals surface area contributed by atoms with Gasteiger partial charge in [-0.2, -0.15) is 0 Å². The molecule has 0 bridgehead atoms. The number of likely N-dealkylation sites (N-methyl/N-ethyl adjacent to an activating group) is 2. The molecule has 9 amide bonds. The minimum Gasteiger partial charge on any atom is -0.350 e. The van der Waals surface area contributed by atoms with Crippen molar-refractivity contribution in [2.45, 2.75) is 191 Å². The highest BCUT2D eigenvalue weighted by Gasteiger charge is 2.45. The second-order valence-corrected chi connectivity index (χ2v) is 21.0. The summed E-state index contributed by atoms with van der Waals surface area (Å²) in [5.41, 5.74) is 5.15. The molecule has 6 rings (SSSR count). The average Bonchev–Trinajstić information content (AvgIpc) is 4.07. The van der Waals surface area contributed by atoms with Gasteiger partial charge in [-0.25, -0.2) is 9.59 Å². The summed E-state index contributed by atoms with van der Waals surface area (Å²) < 4.78 is 0. The van der Waals surface area contributed by atoms with Gasteiger partial charge in [-0.1, -0.05) is 118 Å². The Morgan fingerprint density at radius 3 is 1.84 bits per heavy atom. The highest BCUT2D eigenvalue weighted by molar-refractivity contribution is 5.99. The fourth-order valence-electron chi connectivity index (χ4n) is 10.7. The minimum atomic E-state index is -0.708. The van der Waals surface area contributed by atoms with Crippen LogP contribution in [0.15, 0.2) is 78.9 Å². The molecule has 0 radical (unpaired) electrons. The number of carbonyl (C=O) groups excluding carboxylic acids is 7. The summed E-state index contributed by atoms with van der Waals surface area (Å²) in [5.74, 6) is -1.21. The van der Waals surface area contributed by atoms with Crippen LogP contribution in [-0.4, -0.2) is 121 Å². The lowest BCUT2D eigenvalue weighted by molar-refractivity contribution is -0.144. The normalized spacial score (nSPS) is 20.5. The number of carbonyl (C=O) groups is 7. The SMILES string of the molecule is CCCCC[C@H]1CC[C@@H](C(=O)N[C@@H](c2ccccc2)c2ccc(CCCCNC(=O)NCCCCc3ccc(CNC(=O)[C@@H]4CC[C@@H]5CCCC[C@H](NC(=O)[C@H](C)NC)C(=O)N54)cc3)cc2)N1C(=O)NC(=O)[C@H](C)NC. The van der Waals surface area contributed by atoms with Gasteiger partial charge in [0.15, 0.2) is 0 Å². The molecule has 3 aliphatic rings. The molecule has 0 aliphatic carbocycles. The van der Waals surface area contributed by atoms with Crippen molar-refractivity contribution in [1.82, 2.24) is 52.3 Å². The van der Waals surface area contributed by atoms with Crippen LogP contribution in [0.5, 0.6) is 0 Å². The Hall–Kier alpha value is -6.33. The number of hydrogen-bond acceptors (Lipinski definition) is 9. The van der Waals surface area contributed by atoms with Crippen LogP contribution in [0.1, 0.15) is 157 Å². The molecular weight excluding hydrogens is 961 g/mol. The molecule has 414 valence electrons. The van der Waals surface area contributed by atoms with E-state index < -0.39 is 48.2 Å². The summed E-state index contributed by atoms with van der Waals surface area (Å²) in [5, 5.41) is 23.5. The molecule has 76 heavy (non-hydrogen) atoms. The maximum absolute atomic E-state index is 14.2. The molecule has 17 nitrogen and oxygen atoms in total. The number of nitrogens with zero attached hydrogens (tertiary/aromatic N) is 2. The molecule has 3 aromatic carbocycles. The van der Waals surface area contributed by atoms with Crippen LogP contribution in [0.2, 0.25) is 0 Å². The van der Waals surface area contributed by atoms with Crippen LogP contribution in [0.25, 0.3) is 0 Å². The number of aryl methyl sites for hydroxylation is 2. The zero-order valence-electron chi connectivity index (χ0n) is 45.7. The standard InChI is InChI=1S/C59H86N10O7/c1-6-7-9-22-48-34-36-51(69(48)59(76)67-54(71)41(3)61-5)56(73)66-52(45-20-10-8-11-21-45)46-31-29-43(30-32-46)19-15-17-38-63-58(75)62-37-16-14-18-42-25-27-44(28-26-42)39-64-55(72)50-35-33-47-23-12-13-24-49(57(74)68(47)50)65-53(70)40(2)60-4/h8,10-11,20-21,25-32,40-41,47-52,60-61H,6-7,9,12-19,22-24,33-39H2,1-5H3,(H,64,72)(H,65,70)(H,66,73)(H2,62,63,75)(H,67,71,76)/t40-,41-,47-,48-,49-,50-,51-,52-/m0/s1. The second kappa shape index (κ2) is 30.4. The summed E-state index contributed by atoms with van der Waals surface area (Å²) in [6, 6.07) is 22.1. The van der Waals surface area contributed by atoms with Crippen LogP contribution in [-0.2, 0) is 43.4 Å². The van der Waals surface area contributed by atoms with E-state index in [4.69, 9.17) is 0 Å². The third-order valence-corrected chi connectivity index (χ3v) is 15.6. The summed E-state index contributed by atoms with van der Waals surface area (Å²) in [6.45, 7) is 7.07. The smallest absolute Gasteiger partial charge is 0.325 e. The number of nitrogens with one attached hydrogen (secondary N) is 8. The number of benzene rings is 3. The van der Waals surface area contributed by atoms with Gasteiger partial charge >= 0.3 is 12.1 Å². The van der Waals surface area contributed by atoms with Crippen molar-refractivity contribution in [2.75, 3.05) is 27.2 Å². The maximum Gasteiger partial charge on any atom is 0.325 e. The van der Waals surface area contributed by atoms with E-state index in [1.807, 2.05) is 54.6 Å². The molecule has 3 aromatic rings. The van der Waals surface area contributed by atoms with Crippen LogP contribution >= 0.6 is 0 Å². The first-order chi connectivity index (χ1) is 36.8.